The average Bonchev–Trinajstić information content (AvgIpc) is 3.40. The van der Waals surface area contributed by atoms with E-state index in [4.69, 9.17) is 28.5 Å². The smallest absolute Gasteiger partial charge is 0.354 e. The number of rotatable bonds is 11. The van der Waals surface area contributed by atoms with Crippen molar-refractivity contribution in [3.63, 3.8) is 0 Å². The molecule has 3 aromatic heterocycles. The highest BCUT2D eigenvalue weighted by Crippen LogP contribution is 2.32. The van der Waals surface area contributed by atoms with Crippen LogP contribution in [0.3, 0.4) is 0 Å². The van der Waals surface area contributed by atoms with Crippen LogP contribution in [-0.2, 0) is 6.42 Å². The molecule has 0 aliphatic carbocycles. The van der Waals surface area contributed by atoms with Gasteiger partial charge in [0.05, 0.1) is 40.9 Å². The number of aromatic amines is 1. The molecular weight excluding hydrogens is 581 g/mol. The quantitative estimate of drug-likeness (QED) is 0.105. The van der Waals surface area contributed by atoms with Gasteiger partial charge in [0.25, 0.3) is 0 Å². The third kappa shape index (κ3) is 7.35. The van der Waals surface area contributed by atoms with Gasteiger partial charge in [0.2, 0.25) is 0 Å². The highest BCUT2D eigenvalue weighted by Gasteiger charge is 2.25. The number of aromatic nitrogens is 4. The van der Waals surface area contributed by atoms with Crippen LogP contribution in [0.15, 0.2) is 41.5 Å². The monoisotopic (exact) mass is 621 g/mol. The topological polar surface area (TPSA) is 164 Å². The Morgan fingerprint density at radius 3 is 2.86 bits per heavy atom. The zero-order valence-corrected chi connectivity index (χ0v) is 26.0. The second-order valence-corrected chi connectivity index (χ2v) is 12.2. The van der Waals surface area contributed by atoms with E-state index in [0.29, 0.717) is 50.9 Å². The summed E-state index contributed by atoms with van der Waals surface area (Å²) in [5.74, 6) is 0.0239. The van der Waals surface area contributed by atoms with Gasteiger partial charge >= 0.3 is 5.69 Å². The molecule has 44 heavy (non-hydrogen) atoms. The van der Waals surface area contributed by atoms with Crippen LogP contribution < -0.4 is 27.8 Å². The van der Waals surface area contributed by atoms with Gasteiger partial charge < -0.3 is 27.1 Å². The summed E-state index contributed by atoms with van der Waals surface area (Å²) in [5, 5.41) is 15.5. The number of fused-ring (bicyclic) bond motifs is 1. The first kappa shape index (κ1) is 31.8. The Balaban J connectivity index is 1.36. The maximum atomic E-state index is 15.3. The number of benzene rings is 1. The Kier molecular flexibility index (Phi) is 10.1. The molecule has 10 nitrogen and oxygen atoms in total. The van der Waals surface area contributed by atoms with Gasteiger partial charge in [0.1, 0.15) is 17.3 Å². The van der Waals surface area contributed by atoms with Gasteiger partial charge in [-0.3, -0.25) is 15.0 Å². The first-order valence-corrected chi connectivity index (χ1v) is 15.6. The lowest BCUT2D eigenvalue weighted by Gasteiger charge is -2.31. The number of pyridine rings is 1. The summed E-state index contributed by atoms with van der Waals surface area (Å²) in [4.78, 5) is 25.1. The molecule has 12 heteroatoms. The molecule has 1 aliphatic rings. The SMILES string of the molecule is Cc1cc(CCC[C@H](C)N)cc(-c2cc3cn(-c4cnc([C@@H]5CCC[C@@H](CCNC(=N)CN)N5)c(Cl)c4)c(=O)nc3[nH]2)c1F. The fraction of sp³-hybridized carbons (Fsp3) is 0.438. The van der Waals surface area contributed by atoms with Gasteiger partial charge in [-0.05, 0) is 88.1 Å². The van der Waals surface area contributed by atoms with Crippen LogP contribution in [0.4, 0.5) is 4.39 Å². The summed E-state index contributed by atoms with van der Waals surface area (Å²) < 4.78 is 16.7. The Morgan fingerprint density at radius 1 is 1.30 bits per heavy atom. The van der Waals surface area contributed by atoms with E-state index in [1.54, 1.807) is 31.5 Å². The van der Waals surface area contributed by atoms with Gasteiger partial charge in [0, 0.05) is 35.8 Å². The minimum atomic E-state index is -0.496. The summed E-state index contributed by atoms with van der Waals surface area (Å²) in [5.41, 5.74) is 15.1. The number of nitrogens with two attached hydrogens (primary N) is 2. The molecule has 0 amide bonds. The molecular formula is C32H41ClFN9O. The predicted octanol–water partition coefficient (Wildman–Crippen LogP) is 4.65. The molecule has 0 spiro atoms. The molecule has 4 heterocycles. The van der Waals surface area contributed by atoms with E-state index in [0.717, 1.165) is 56.2 Å². The molecule has 3 atom stereocenters. The van der Waals surface area contributed by atoms with Gasteiger partial charge in [-0.2, -0.15) is 4.98 Å². The Morgan fingerprint density at radius 2 is 2.11 bits per heavy atom. The lowest BCUT2D eigenvalue weighted by Crippen LogP contribution is -2.40. The van der Waals surface area contributed by atoms with E-state index < -0.39 is 5.69 Å². The predicted molar refractivity (Wildman–Crippen MR) is 174 cm³/mol. The van der Waals surface area contributed by atoms with Crippen molar-refractivity contribution in [3.05, 3.63) is 74.8 Å². The molecule has 4 aromatic rings. The number of hydrogen-bond donors (Lipinski definition) is 6. The first-order valence-electron chi connectivity index (χ1n) is 15.2. The number of nitrogens with zero attached hydrogens (tertiary/aromatic N) is 3. The van der Waals surface area contributed by atoms with E-state index in [2.05, 4.69) is 25.6 Å². The molecule has 5 rings (SSSR count). The number of amidine groups is 1. The van der Waals surface area contributed by atoms with Gasteiger partial charge in [0.15, 0.2) is 0 Å². The summed E-state index contributed by atoms with van der Waals surface area (Å²) in [6.45, 7) is 4.61. The zero-order valence-electron chi connectivity index (χ0n) is 25.2. The van der Waals surface area contributed by atoms with Gasteiger partial charge in [-0.1, -0.05) is 17.7 Å². The molecule has 1 aliphatic heterocycles. The second-order valence-electron chi connectivity index (χ2n) is 11.8. The molecule has 0 unspecified atom stereocenters. The number of halogens is 2. The van der Waals surface area contributed by atoms with Crippen molar-refractivity contribution in [2.75, 3.05) is 13.1 Å². The minimum Gasteiger partial charge on any atom is -0.373 e. The summed E-state index contributed by atoms with van der Waals surface area (Å²) in [6.07, 6.45) is 9.75. The Labute approximate surface area is 261 Å². The van der Waals surface area contributed by atoms with Crippen molar-refractivity contribution >= 4 is 28.5 Å². The van der Waals surface area contributed by atoms with Gasteiger partial charge in [-0.25, -0.2) is 9.18 Å². The third-order valence-corrected chi connectivity index (χ3v) is 8.52. The van der Waals surface area contributed by atoms with Crippen molar-refractivity contribution in [3.8, 4) is 16.9 Å². The van der Waals surface area contributed by atoms with Crippen molar-refractivity contribution in [2.24, 2.45) is 11.5 Å². The molecule has 1 saturated heterocycles. The van der Waals surface area contributed by atoms with E-state index in [1.807, 2.05) is 19.1 Å². The van der Waals surface area contributed by atoms with Crippen molar-refractivity contribution in [1.82, 2.24) is 30.2 Å². The third-order valence-electron chi connectivity index (χ3n) is 8.22. The lowest BCUT2D eigenvalue weighted by atomic mass is 9.94. The summed E-state index contributed by atoms with van der Waals surface area (Å²) in [6, 6.07) is 7.65. The molecule has 0 saturated carbocycles. The number of aryl methyl sites for hydroxylation is 2. The van der Waals surface area contributed by atoms with Crippen molar-refractivity contribution in [1.29, 1.82) is 5.41 Å². The lowest BCUT2D eigenvalue weighted by molar-refractivity contribution is 0.308. The van der Waals surface area contributed by atoms with E-state index in [-0.39, 0.29) is 30.5 Å². The maximum Gasteiger partial charge on any atom is 0.354 e. The van der Waals surface area contributed by atoms with Crippen LogP contribution in [0, 0.1) is 18.2 Å². The van der Waals surface area contributed by atoms with E-state index >= 15 is 4.39 Å². The summed E-state index contributed by atoms with van der Waals surface area (Å²) in [7, 11) is 0. The second kappa shape index (κ2) is 14.0. The van der Waals surface area contributed by atoms with Crippen molar-refractivity contribution < 1.29 is 4.39 Å². The largest absolute Gasteiger partial charge is 0.373 e. The fourth-order valence-corrected chi connectivity index (χ4v) is 6.19. The number of piperidine rings is 1. The average molecular weight is 622 g/mol. The maximum absolute atomic E-state index is 15.3. The van der Waals surface area contributed by atoms with Crippen LogP contribution in [0.5, 0.6) is 0 Å². The van der Waals surface area contributed by atoms with Crippen molar-refractivity contribution in [2.45, 2.75) is 76.9 Å². The molecule has 1 aromatic carbocycles. The molecule has 0 bridgehead atoms. The Bertz CT molecular complexity index is 1700. The van der Waals surface area contributed by atoms with Crippen LogP contribution in [0.1, 0.15) is 68.3 Å². The van der Waals surface area contributed by atoms with Crippen LogP contribution in [0.25, 0.3) is 28.0 Å². The first-order chi connectivity index (χ1) is 21.1. The zero-order chi connectivity index (χ0) is 31.4. The van der Waals surface area contributed by atoms with E-state index in [1.165, 1.54) is 4.57 Å². The minimum absolute atomic E-state index is 0.0124. The number of H-pyrrole nitrogens is 1. The molecule has 234 valence electrons. The van der Waals surface area contributed by atoms with Gasteiger partial charge in [-0.15, -0.1) is 0 Å². The highest BCUT2D eigenvalue weighted by atomic mass is 35.5. The summed E-state index contributed by atoms with van der Waals surface area (Å²) >= 11 is 6.73. The standard InChI is InChI=1S/C32H41ClFN9O/c1-18-11-20(6-3-5-19(2)36)12-24(29(18)34)27-13-21-17-43(32(44)42-31(21)41-27)23-14-25(33)30(39-16-23)26-8-4-7-22(40-26)9-10-38-28(37)15-35/h11-14,16-17,19,22,26,40H,3-10,15,35-36H2,1-2H3,(H2,37,38)(H,41,42,44)/t19-,22-,26-/m0/s1. The number of nitrogens with one attached hydrogen (secondary N) is 4. The molecule has 1 fully saturated rings. The van der Waals surface area contributed by atoms with Crippen LogP contribution in [0.2, 0.25) is 5.02 Å². The van der Waals surface area contributed by atoms with Crippen LogP contribution >= 0.6 is 11.6 Å². The fourth-order valence-electron chi connectivity index (χ4n) is 5.90. The molecule has 8 N–H and O–H groups in total. The van der Waals surface area contributed by atoms with E-state index in [9.17, 15) is 4.79 Å². The molecule has 0 radical (unpaired) electrons. The Hall–Kier alpha value is -3.64. The number of hydrogen-bond acceptors (Lipinski definition) is 7. The van der Waals surface area contributed by atoms with Crippen LogP contribution in [-0.4, -0.2) is 50.5 Å². The highest BCUT2D eigenvalue weighted by molar-refractivity contribution is 6.31. The normalized spacial score (nSPS) is 17.6.